The molecule has 0 bridgehead atoms. The van der Waals surface area contributed by atoms with Crippen molar-refractivity contribution in [3.05, 3.63) is 72.3 Å². The van der Waals surface area contributed by atoms with Gasteiger partial charge in [-0.2, -0.15) is 0 Å². The molecule has 1 aliphatic rings. The number of hydrogen-bond donors (Lipinski definition) is 1. The molecule has 0 fully saturated rings. The van der Waals surface area contributed by atoms with Gasteiger partial charge in [0.05, 0.1) is 17.4 Å². The second-order valence-electron chi connectivity index (χ2n) is 8.72. The van der Waals surface area contributed by atoms with Crippen LogP contribution in [-0.4, -0.2) is 26.6 Å². The molecular weight excluding hydrogens is 427 g/mol. The summed E-state index contributed by atoms with van der Waals surface area (Å²) >= 11 is 0. The van der Waals surface area contributed by atoms with Gasteiger partial charge < -0.3 is 9.88 Å². The Labute approximate surface area is 186 Å². The standard InChI is InChI=1S/C23H23N4O4P/c1-22(2)18-10-7-16(13-19(18)27(21(22)29)23(3,4)32(30)31)25-20(28)15-5-8-17(9-6-15)26-12-11-24-14-26/h5-14H,1-4H3,(H,25,28). The number of anilines is 2. The maximum Gasteiger partial charge on any atom is 0.341 e. The number of hydrogen-bond acceptors (Lipinski definition) is 5. The van der Waals surface area contributed by atoms with Crippen LogP contribution in [0.25, 0.3) is 5.69 Å². The van der Waals surface area contributed by atoms with E-state index in [2.05, 4.69) is 10.3 Å². The fraction of sp³-hybridized carbons (Fsp3) is 0.261. The van der Waals surface area contributed by atoms with Crippen LogP contribution < -0.4 is 10.2 Å². The predicted octanol–water partition coefficient (Wildman–Crippen LogP) is 4.66. The highest BCUT2D eigenvalue weighted by Crippen LogP contribution is 2.49. The molecule has 0 atom stereocenters. The minimum atomic E-state index is -2.92. The first kappa shape index (κ1) is 21.7. The molecule has 0 aliphatic carbocycles. The third-order valence-electron chi connectivity index (χ3n) is 5.83. The molecule has 0 radical (unpaired) electrons. The van der Waals surface area contributed by atoms with Crippen molar-refractivity contribution in [2.75, 3.05) is 10.2 Å². The van der Waals surface area contributed by atoms with E-state index in [-0.39, 0.29) is 11.8 Å². The smallest absolute Gasteiger partial charge is 0.322 e. The van der Waals surface area contributed by atoms with Crippen molar-refractivity contribution in [1.29, 1.82) is 0 Å². The third kappa shape index (κ3) is 3.46. The van der Waals surface area contributed by atoms with Gasteiger partial charge in [-0.1, -0.05) is 6.07 Å². The number of amides is 2. The van der Waals surface area contributed by atoms with Crippen LogP contribution >= 0.6 is 7.68 Å². The molecule has 0 saturated carbocycles. The average Bonchev–Trinajstić information content (AvgIpc) is 3.34. The fourth-order valence-electron chi connectivity index (χ4n) is 3.85. The van der Waals surface area contributed by atoms with Crippen molar-refractivity contribution in [2.24, 2.45) is 0 Å². The summed E-state index contributed by atoms with van der Waals surface area (Å²) in [7, 11) is -2.92. The van der Waals surface area contributed by atoms with E-state index >= 15 is 0 Å². The molecule has 0 unspecified atom stereocenters. The topological polar surface area (TPSA) is 101 Å². The molecule has 1 aromatic heterocycles. The van der Waals surface area contributed by atoms with Gasteiger partial charge in [-0.05, 0) is 69.7 Å². The van der Waals surface area contributed by atoms with Gasteiger partial charge in [0.15, 0.2) is 5.28 Å². The zero-order valence-electron chi connectivity index (χ0n) is 18.2. The molecule has 2 aromatic carbocycles. The molecule has 3 aromatic rings. The Bertz CT molecular complexity index is 1270. The average molecular weight is 450 g/mol. The van der Waals surface area contributed by atoms with E-state index in [1.165, 1.54) is 18.7 Å². The van der Waals surface area contributed by atoms with Crippen LogP contribution in [0.1, 0.15) is 43.6 Å². The molecule has 8 nitrogen and oxygen atoms in total. The van der Waals surface area contributed by atoms with E-state index in [1.807, 2.05) is 22.9 Å². The number of carbonyl (C=O) groups excluding carboxylic acids is 2. The Morgan fingerprint density at radius 2 is 1.78 bits per heavy atom. The quantitative estimate of drug-likeness (QED) is 0.570. The summed E-state index contributed by atoms with van der Waals surface area (Å²) in [6.45, 7) is 6.52. The highest BCUT2D eigenvalue weighted by atomic mass is 31.1. The van der Waals surface area contributed by atoms with Crippen LogP contribution in [0.4, 0.5) is 11.4 Å². The van der Waals surface area contributed by atoms with Gasteiger partial charge in [0.2, 0.25) is 5.91 Å². The van der Waals surface area contributed by atoms with Crippen molar-refractivity contribution in [3.63, 3.8) is 0 Å². The van der Waals surface area contributed by atoms with E-state index in [1.54, 1.807) is 56.7 Å². The van der Waals surface area contributed by atoms with Gasteiger partial charge in [0, 0.05) is 29.3 Å². The Morgan fingerprint density at radius 1 is 1.09 bits per heavy atom. The molecule has 1 N–H and O–H groups in total. The lowest BCUT2D eigenvalue weighted by atomic mass is 9.86. The first-order valence-corrected chi connectivity index (χ1v) is 11.2. The minimum Gasteiger partial charge on any atom is -0.322 e. The zero-order chi connectivity index (χ0) is 23.3. The highest BCUT2D eigenvalue weighted by molar-refractivity contribution is 7.33. The molecular formula is C23H23N4O4P. The summed E-state index contributed by atoms with van der Waals surface area (Å²) in [5, 5.41) is 1.44. The molecule has 9 heteroatoms. The maximum absolute atomic E-state index is 13.1. The number of rotatable bonds is 5. The van der Waals surface area contributed by atoms with Crippen molar-refractivity contribution in [2.45, 2.75) is 38.4 Å². The molecule has 2 amide bonds. The number of aromatic nitrogens is 2. The monoisotopic (exact) mass is 450 g/mol. The molecule has 0 spiro atoms. The first-order valence-electron chi connectivity index (χ1n) is 10.1. The Hall–Kier alpha value is -3.51. The maximum atomic E-state index is 13.1. The van der Waals surface area contributed by atoms with Gasteiger partial charge in [-0.3, -0.25) is 14.5 Å². The van der Waals surface area contributed by atoms with Crippen molar-refractivity contribution >= 4 is 30.9 Å². The summed E-state index contributed by atoms with van der Waals surface area (Å²) < 4.78 is 25.6. The van der Waals surface area contributed by atoms with Gasteiger partial charge in [0.25, 0.3) is 5.91 Å². The van der Waals surface area contributed by atoms with E-state index in [9.17, 15) is 18.7 Å². The van der Waals surface area contributed by atoms with Crippen molar-refractivity contribution in [3.8, 4) is 5.69 Å². The first-order chi connectivity index (χ1) is 15.0. The Morgan fingerprint density at radius 3 is 2.38 bits per heavy atom. The van der Waals surface area contributed by atoms with Crippen LogP contribution in [0.15, 0.2) is 61.2 Å². The number of carbonyl (C=O) groups is 2. The molecule has 0 saturated heterocycles. The summed E-state index contributed by atoms with van der Waals surface area (Å²) in [5.74, 6) is -0.610. The molecule has 32 heavy (non-hydrogen) atoms. The van der Waals surface area contributed by atoms with Gasteiger partial charge in [-0.25, -0.2) is 14.1 Å². The van der Waals surface area contributed by atoms with E-state index in [0.717, 1.165) is 11.3 Å². The fourth-order valence-corrected chi connectivity index (χ4v) is 4.21. The van der Waals surface area contributed by atoms with Crippen LogP contribution in [0, 0.1) is 0 Å². The van der Waals surface area contributed by atoms with E-state index in [0.29, 0.717) is 16.9 Å². The number of fused-ring (bicyclic) bond motifs is 1. The van der Waals surface area contributed by atoms with Crippen LogP contribution in [0.2, 0.25) is 0 Å². The number of nitrogens with zero attached hydrogens (tertiary/aromatic N) is 3. The van der Waals surface area contributed by atoms with Gasteiger partial charge in [-0.15, -0.1) is 0 Å². The molecule has 164 valence electrons. The largest absolute Gasteiger partial charge is 0.341 e. The Kier molecular flexibility index (Phi) is 5.13. The summed E-state index contributed by atoms with van der Waals surface area (Å²) in [4.78, 5) is 31.2. The third-order valence-corrected chi connectivity index (χ3v) is 6.93. The highest BCUT2D eigenvalue weighted by Gasteiger charge is 2.51. The minimum absolute atomic E-state index is 0.296. The van der Waals surface area contributed by atoms with Gasteiger partial charge in [0.1, 0.15) is 0 Å². The Balaban J connectivity index is 1.63. The van der Waals surface area contributed by atoms with Gasteiger partial charge >= 0.3 is 7.68 Å². The van der Waals surface area contributed by atoms with E-state index < -0.39 is 18.4 Å². The number of imidazole rings is 1. The van der Waals surface area contributed by atoms with Crippen molar-refractivity contribution < 1.29 is 18.7 Å². The summed E-state index contributed by atoms with van der Waals surface area (Å²) in [6.07, 6.45) is 5.16. The van der Waals surface area contributed by atoms with Crippen molar-refractivity contribution in [1.82, 2.24) is 9.55 Å². The molecule has 4 rings (SSSR count). The van der Waals surface area contributed by atoms with Crippen LogP contribution in [0.3, 0.4) is 0 Å². The summed E-state index contributed by atoms with van der Waals surface area (Å²) in [6, 6.07) is 12.2. The molecule has 2 heterocycles. The lowest BCUT2D eigenvalue weighted by molar-refractivity contribution is -0.122. The lowest BCUT2D eigenvalue weighted by Crippen LogP contribution is -2.46. The number of nitrogens with one attached hydrogen (secondary N) is 1. The SMILES string of the molecule is CC1(C)C(=O)N(C(C)(C)P(=O)=O)c2cc(NC(=O)c3ccc(-n4ccnc4)cc3)ccc21. The van der Waals surface area contributed by atoms with E-state index in [4.69, 9.17) is 0 Å². The normalized spacial score (nSPS) is 14.9. The second-order valence-corrected chi connectivity index (χ2v) is 10.3. The summed E-state index contributed by atoms with van der Waals surface area (Å²) in [5.41, 5.74) is 2.14. The second kappa shape index (κ2) is 7.57. The lowest BCUT2D eigenvalue weighted by Gasteiger charge is -2.30. The van der Waals surface area contributed by atoms with Crippen LogP contribution in [0.5, 0.6) is 0 Å². The predicted molar refractivity (Wildman–Crippen MR) is 121 cm³/mol. The van der Waals surface area contributed by atoms with Crippen LogP contribution in [-0.2, 0) is 19.3 Å². The number of benzene rings is 2. The molecule has 1 aliphatic heterocycles. The zero-order valence-corrected chi connectivity index (χ0v) is 19.1.